The highest BCUT2D eigenvalue weighted by atomic mass is 19.1. The van der Waals surface area contributed by atoms with Crippen molar-refractivity contribution in [3.05, 3.63) is 53.2 Å². The minimum absolute atomic E-state index is 0.199. The molecule has 0 saturated carbocycles. The van der Waals surface area contributed by atoms with Crippen molar-refractivity contribution in [2.75, 3.05) is 7.11 Å². The van der Waals surface area contributed by atoms with Gasteiger partial charge >= 0.3 is 0 Å². The predicted octanol–water partition coefficient (Wildman–Crippen LogP) is 2.98. The van der Waals surface area contributed by atoms with Crippen molar-refractivity contribution in [2.45, 2.75) is 19.4 Å². The third-order valence-electron chi connectivity index (χ3n) is 2.85. The maximum absolute atomic E-state index is 13.5. The SMILES string of the molecule is COc1ccc(CC(N)c2coc(C)c2)cc1F. The molecule has 0 saturated heterocycles. The number of methoxy groups -OCH3 is 1. The molecule has 1 atom stereocenters. The molecule has 0 aliphatic rings. The van der Waals surface area contributed by atoms with Gasteiger partial charge in [-0.1, -0.05) is 6.07 Å². The molecular formula is C14H16FNO2. The van der Waals surface area contributed by atoms with Crippen LogP contribution in [0.2, 0.25) is 0 Å². The van der Waals surface area contributed by atoms with E-state index in [1.54, 1.807) is 12.3 Å². The Bertz CT molecular complexity index is 536. The maximum Gasteiger partial charge on any atom is 0.165 e. The molecule has 2 rings (SSSR count). The molecule has 1 heterocycles. The zero-order valence-corrected chi connectivity index (χ0v) is 10.4. The monoisotopic (exact) mass is 249 g/mol. The quantitative estimate of drug-likeness (QED) is 0.906. The van der Waals surface area contributed by atoms with Gasteiger partial charge in [0.05, 0.1) is 13.4 Å². The number of nitrogens with two attached hydrogens (primary N) is 1. The van der Waals surface area contributed by atoms with Gasteiger partial charge in [0, 0.05) is 11.6 Å². The van der Waals surface area contributed by atoms with Crippen LogP contribution in [-0.2, 0) is 6.42 Å². The zero-order chi connectivity index (χ0) is 13.1. The number of furan rings is 1. The van der Waals surface area contributed by atoms with Gasteiger partial charge in [0.2, 0.25) is 0 Å². The van der Waals surface area contributed by atoms with Crippen LogP contribution in [0.4, 0.5) is 4.39 Å². The summed E-state index contributed by atoms with van der Waals surface area (Å²) < 4.78 is 23.6. The van der Waals surface area contributed by atoms with Gasteiger partial charge in [-0.15, -0.1) is 0 Å². The molecule has 0 spiro atoms. The topological polar surface area (TPSA) is 48.4 Å². The summed E-state index contributed by atoms with van der Waals surface area (Å²) in [5.41, 5.74) is 7.80. The van der Waals surface area contributed by atoms with Gasteiger partial charge in [-0.3, -0.25) is 0 Å². The summed E-state index contributed by atoms with van der Waals surface area (Å²) in [6, 6.07) is 6.57. The first-order valence-corrected chi connectivity index (χ1v) is 5.73. The molecular weight excluding hydrogens is 233 g/mol. The van der Waals surface area contributed by atoms with Crippen molar-refractivity contribution in [1.29, 1.82) is 0 Å². The minimum atomic E-state index is -0.370. The van der Waals surface area contributed by atoms with Gasteiger partial charge in [0.15, 0.2) is 11.6 Å². The standard InChI is InChI=1S/C14H16FNO2/c1-9-5-11(8-18-9)13(16)7-10-3-4-14(17-2)12(15)6-10/h3-6,8,13H,7,16H2,1-2H3. The Morgan fingerprint density at radius 2 is 2.17 bits per heavy atom. The molecule has 0 amide bonds. The molecule has 2 N–H and O–H groups in total. The van der Waals surface area contributed by atoms with Crippen molar-refractivity contribution in [2.24, 2.45) is 5.73 Å². The summed E-state index contributed by atoms with van der Waals surface area (Å²) in [4.78, 5) is 0. The number of ether oxygens (including phenoxy) is 1. The molecule has 1 aromatic heterocycles. The molecule has 0 aliphatic carbocycles. The average molecular weight is 249 g/mol. The van der Waals surface area contributed by atoms with Crippen LogP contribution in [0.1, 0.15) is 22.9 Å². The lowest BCUT2D eigenvalue weighted by atomic mass is 10.0. The summed E-state index contributed by atoms with van der Waals surface area (Å²) in [6.45, 7) is 1.86. The Morgan fingerprint density at radius 1 is 1.39 bits per heavy atom. The Hall–Kier alpha value is -1.81. The lowest BCUT2D eigenvalue weighted by Crippen LogP contribution is -2.12. The fourth-order valence-corrected chi connectivity index (χ4v) is 1.87. The second-order valence-electron chi connectivity index (χ2n) is 4.27. The highest BCUT2D eigenvalue weighted by Crippen LogP contribution is 2.22. The van der Waals surface area contributed by atoms with Crippen molar-refractivity contribution < 1.29 is 13.5 Å². The molecule has 0 aliphatic heterocycles. The summed E-state index contributed by atoms with van der Waals surface area (Å²) in [5.74, 6) is 0.693. The van der Waals surface area contributed by atoms with E-state index in [0.29, 0.717) is 6.42 Å². The first-order valence-electron chi connectivity index (χ1n) is 5.73. The van der Waals surface area contributed by atoms with E-state index in [1.165, 1.54) is 13.2 Å². The number of rotatable bonds is 4. The van der Waals surface area contributed by atoms with E-state index in [4.69, 9.17) is 14.9 Å². The van der Waals surface area contributed by atoms with Gasteiger partial charge in [-0.2, -0.15) is 0 Å². The average Bonchev–Trinajstić information content (AvgIpc) is 2.76. The fourth-order valence-electron chi connectivity index (χ4n) is 1.87. The first-order chi connectivity index (χ1) is 8.60. The Labute approximate surface area is 105 Å². The van der Waals surface area contributed by atoms with E-state index in [9.17, 15) is 4.39 Å². The van der Waals surface area contributed by atoms with Crippen molar-refractivity contribution in [3.63, 3.8) is 0 Å². The van der Waals surface area contributed by atoms with E-state index in [2.05, 4.69) is 0 Å². The second kappa shape index (κ2) is 5.23. The third kappa shape index (κ3) is 2.71. The smallest absolute Gasteiger partial charge is 0.165 e. The van der Waals surface area contributed by atoms with Gasteiger partial charge in [0.25, 0.3) is 0 Å². The fraction of sp³-hybridized carbons (Fsp3) is 0.286. The Balaban J connectivity index is 2.12. The zero-order valence-electron chi connectivity index (χ0n) is 10.4. The lowest BCUT2D eigenvalue weighted by molar-refractivity contribution is 0.386. The molecule has 0 radical (unpaired) electrons. The summed E-state index contributed by atoms with van der Waals surface area (Å²) in [7, 11) is 1.44. The summed E-state index contributed by atoms with van der Waals surface area (Å²) in [5, 5.41) is 0. The molecule has 0 fully saturated rings. The molecule has 1 unspecified atom stereocenters. The van der Waals surface area contributed by atoms with E-state index < -0.39 is 0 Å². The van der Waals surface area contributed by atoms with E-state index in [-0.39, 0.29) is 17.6 Å². The highest BCUT2D eigenvalue weighted by Gasteiger charge is 2.11. The molecule has 3 nitrogen and oxygen atoms in total. The molecule has 2 aromatic rings. The number of hydrogen-bond donors (Lipinski definition) is 1. The van der Waals surface area contributed by atoms with Crippen LogP contribution >= 0.6 is 0 Å². The van der Waals surface area contributed by atoms with Crippen LogP contribution in [0.25, 0.3) is 0 Å². The van der Waals surface area contributed by atoms with E-state index in [1.807, 2.05) is 19.1 Å². The van der Waals surface area contributed by atoms with Gasteiger partial charge in [-0.05, 0) is 37.1 Å². The van der Waals surface area contributed by atoms with Crippen LogP contribution < -0.4 is 10.5 Å². The van der Waals surface area contributed by atoms with Crippen LogP contribution in [0.3, 0.4) is 0 Å². The van der Waals surface area contributed by atoms with Gasteiger partial charge in [0.1, 0.15) is 5.76 Å². The second-order valence-corrected chi connectivity index (χ2v) is 4.27. The van der Waals surface area contributed by atoms with Gasteiger partial charge in [-0.25, -0.2) is 4.39 Å². The van der Waals surface area contributed by atoms with Gasteiger partial charge < -0.3 is 14.9 Å². The van der Waals surface area contributed by atoms with Crippen molar-refractivity contribution in [3.8, 4) is 5.75 Å². The lowest BCUT2D eigenvalue weighted by Gasteiger charge is -2.10. The largest absolute Gasteiger partial charge is 0.494 e. The van der Waals surface area contributed by atoms with Crippen LogP contribution in [0.5, 0.6) is 5.75 Å². The molecule has 1 aromatic carbocycles. The normalized spacial score (nSPS) is 12.4. The predicted molar refractivity (Wildman–Crippen MR) is 67.0 cm³/mol. The van der Waals surface area contributed by atoms with Crippen LogP contribution in [0, 0.1) is 12.7 Å². The Kier molecular flexibility index (Phi) is 3.67. The summed E-state index contributed by atoms with van der Waals surface area (Å²) >= 11 is 0. The van der Waals surface area contributed by atoms with E-state index >= 15 is 0 Å². The van der Waals surface area contributed by atoms with Crippen molar-refractivity contribution >= 4 is 0 Å². The van der Waals surface area contributed by atoms with Crippen LogP contribution in [-0.4, -0.2) is 7.11 Å². The number of hydrogen-bond acceptors (Lipinski definition) is 3. The molecule has 0 bridgehead atoms. The van der Waals surface area contributed by atoms with E-state index in [0.717, 1.165) is 16.9 Å². The third-order valence-corrected chi connectivity index (χ3v) is 2.85. The first kappa shape index (κ1) is 12.6. The molecule has 4 heteroatoms. The maximum atomic E-state index is 13.5. The van der Waals surface area contributed by atoms with Crippen molar-refractivity contribution in [1.82, 2.24) is 0 Å². The molecule has 96 valence electrons. The Morgan fingerprint density at radius 3 is 2.72 bits per heavy atom. The number of benzene rings is 1. The highest BCUT2D eigenvalue weighted by molar-refractivity contribution is 5.30. The summed E-state index contributed by atoms with van der Waals surface area (Å²) in [6.07, 6.45) is 2.19. The van der Waals surface area contributed by atoms with Crippen LogP contribution in [0.15, 0.2) is 34.9 Å². The number of aryl methyl sites for hydroxylation is 1. The minimum Gasteiger partial charge on any atom is -0.494 e. The number of halogens is 1. The molecule has 18 heavy (non-hydrogen) atoms.